The fourth-order valence-electron chi connectivity index (χ4n) is 2.77. The molecular formula is C14H19NO4S. The van der Waals surface area contributed by atoms with Crippen molar-refractivity contribution in [1.29, 1.82) is 0 Å². The van der Waals surface area contributed by atoms with Crippen molar-refractivity contribution >= 4 is 23.7 Å². The maximum Gasteiger partial charge on any atom is 0.335 e. The van der Waals surface area contributed by atoms with E-state index in [1.807, 2.05) is 19.1 Å². The minimum atomic E-state index is -0.431. The number of nitrogens with zero attached hydrogens (tertiary/aromatic N) is 1. The van der Waals surface area contributed by atoms with E-state index >= 15 is 0 Å². The van der Waals surface area contributed by atoms with Crippen LogP contribution in [-0.2, 0) is 19.1 Å². The molecule has 2 atom stereocenters. The highest BCUT2D eigenvalue weighted by Crippen LogP contribution is 2.40. The molecule has 0 amide bonds. The largest absolute Gasteiger partial charge is 0.466 e. The molecule has 2 rings (SSSR count). The summed E-state index contributed by atoms with van der Waals surface area (Å²) in [6, 6.07) is -0.149. The highest BCUT2D eigenvalue weighted by atomic mass is 32.2. The third-order valence-electron chi connectivity index (χ3n) is 3.68. The van der Waals surface area contributed by atoms with Crippen molar-refractivity contribution in [3.63, 3.8) is 0 Å². The van der Waals surface area contributed by atoms with Gasteiger partial charge in [-0.05, 0) is 13.3 Å². The molecule has 5 nitrogen and oxygen atoms in total. The lowest BCUT2D eigenvalue weighted by Crippen LogP contribution is -2.36. The monoisotopic (exact) mass is 297 g/mol. The Labute approximate surface area is 123 Å². The number of ether oxygens (including phenoxy) is 2. The fourth-order valence-corrected chi connectivity index (χ4v) is 4.02. The molecule has 2 heterocycles. The number of methoxy groups -OCH3 is 2. The maximum absolute atomic E-state index is 12.1. The molecule has 2 aliphatic rings. The minimum Gasteiger partial charge on any atom is -0.466 e. The van der Waals surface area contributed by atoms with Crippen molar-refractivity contribution in [2.45, 2.75) is 25.4 Å². The SMILES string of the molecule is C/C=C/C[C@@H]1C(C(=O)OC)=C(C(=O)OC)[C@H]2CSCN12. The zero-order valence-electron chi connectivity index (χ0n) is 11.9. The van der Waals surface area contributed by atoms with Gasteiger partial charge in [-0.25, -0.2) is 9.59 Å². The van der Waals surface area contributed by atoms with Crippen LogP contribution in [0.15, 0.2) is 23.3 Å². The second-order valence-corrected chi connectivity index (χ2v) is 5.66. The van der Waals surface area contributed by atoms with Crippen LogP contribution in [0.3, 0.4) is 0 Å². The van der Waals surface area contributed by atoms with Crippen LogP contribution >= 0.6 is 11.8 Å². The van der Waals surface area contributed by atoms with E-state index in [1.54, 1.807) is 11.8 Å². The Hall–Kier alpha value is -1.27. The van der Waals surface area contributed by atoms with Gasteiger partial charge in [0.2, 0.25) is 0 Å². The quantitative estimate of drug-likeness (QED) is 0.577. The Morgan fingerprint density at radius 3 is 2.55 bits per heavy atom. The molecule has 20 heavy (non-hydrogen) atoms. The van der Waals surface area contributed by atoms with E-state index in [-0.39, 0.29) is 12.1 Å². The first-order valence-corrected chi connectivity index (χ1v) is 7.66. The van der Waals surface area contributed by atoms with E-state index in [0.29, 0.717) is 17.6 Å². The number of hydrogen-bond acceptors (Lipinski definition) is 6. The fraction of sp³-hybridized carbons (Fsp3) is 0.571. The Morgan fingerprint density at radius 1 is 1.30 bits per heavy atom. The van der Waals surface area contributed by atoms with E-state index in [4.69, 9.17) is 9.47 Å². The predicted molar refractivity (Wildman–Crippen MR) is 77.2 cm³/mol. The predicted octanol–water partition coefficient (Wildman–Crippen LogP) is 1.35. The van der Waals surface area contributed by atoms with Gasteiger partial charge < -0.3 is 9.47 Å². The van der Waals surface area contributed by atoms with Gasteiger partial charge in [-0.3, -0.25) is 4.90 Å². The first-order valence-electron chi connectivity index (χ1n) is 6.51. The van der Waals surface area contributed by atoms with Crippen LogP contribution < -0.4 is 0 Å². The van der Waals surface area contributed by atoms with Crippen LogP contribution in [0.2, 0.25) is 0 Å². The number of esters is 2. The number of allylic oxidation sites excluding steroid dienone is 1. The molecule has 0 aromatic carbocycles. The van der Waals surface area contributed by atoms with Gasteiger partial charge in [0, 0.05) is 17.7 Å². The molecule has 0 unspecified atom stereocenters. The average molecular weight is 297 g/mol. The molecule has 0 N–H and O–H groups in total. The molecule has 0 aromatic rings. The Balaban J connectivity index is 2.45. The Kier molecular flexibility index (Phi) is 4.88. The van der Waals surface area contributed by atoms with Gasteiger partial charge >= 0.3 is 11.9 Å². The summed E-state index contributed by atoms with van der Waals surface area (Å²) < 4.78 is 9.73. The summed E-state index contributed by atoms with van der Waals surface area (Å²) in [5, 5.41) is 0. The second kappa shape index (κ2) is 6.45. The number of rotatable bonds is 4. The molecule has 0 spiro atoms. The summed E-state index contributed by atoms with van der Waals surface area (Å²) in [5.74, 6) is 0.760. The number of hydrogen-bond donors (Lipinski definition) is 0. The van der Waals surface area contributed by atoms with Gasteiger partial charge in [-0.15, -0.1) is 11.8 Å². The first kappa shape index (κ1) is 15.1. The van der Waals surface area contributed by atoms with Crippen molar-refractivity contribution in [3.05, 3.63) is 23.3 Å². The smallest absolute Gasteiger partial charge is 0.335 e. The molecule has 1 saturated heterocycles. The van der Waals surface area contributed by atoms with Gasteiger partial charge in [0.15, 0.2) is 0 Å². The molecule has 0 bridgehead atoms. The molecule has 2 aliphatic heterocycles. The summed E-state index contributed by atoms with van der Waals surface area (Å²) in [5.41, 5.74) is 0.932. The van der Waals surface area contributed by atoms with Crippen molar-refractivity contribution in [3.8, 4) is 0 Å². The van der Waals surface area contributed by atoms with Crippen molar-refractivity contribution in [1.82, 2.24) is 4.90 Å². The van der Waals surface area contributed by atoms with Gasteiger partial charge in [-0.2, -0.15) is 0 Å². The number of fused-ring (bicyclic) bond motifs is 1. The van der Waals surface area contributed by atoms with Gasteiger partial charge in [0.05, 0.1) is 31.4 Å². The zero-order valence-corrected chi connectivity index (χ0v) is 12.7. The van der Waals surface area contributed by atoms with E-state index in [2.05, 4.69) is 4.90 Å². The topological polar surface area (TPSA) is 55.8 Å². The van der Waals surface area contributed by atoms with Gasteiger partial charge in [0.1, 0.15) is 0 Å². The summed E-state index contributed by atoms with van der Waals surface area (Å²) in [6.07, 6.45) is 4.65. The standard InChI is InChI=1S/C14H19NO4S/c1-4-5-6-9-11(13(16)18-2)12(14(17)19-3)10-7-20-8-15(9)10/h4-5,9-10H,6-8H2,1-3H3/b5-4+/t9-,10-/m1/s1. The number of carbonyl (C=O) groups is 2. The summed E-state index contributed by atoms with van der Waals surface area (Å²) >= 11 is 1.76. The van der Waals surface area contributed by atoms with Crippen LogP contribution in [0.1, 0.15) is 13.3 Å². The van der Waals surface area contributed by atoms with Crippen LogP contribution in [0.25, 0.3) is 0 Å². The average Bonchev–Trinajstić information content (AvgIpc) is 3.03. The van der Waals surface area contributed by atoms with Gasteiger partial charge in [-0.1, -0.05) is 12.2 Å². The Morgan fingerprint density at radius 2 is 1.95 bits per heavy atom. The second-order valence-electron chi connectivity index (χ2n) is 4.66. The number of carbonyl (C=O) groups excluding carboxylic acids is 2. The van der Waals surface area contributed by atoms with Crippen LogP contribution in [0.4, 0.5) is 0 Å². The van der Waals surface area contributed by atoms with Crippen LogP contribution in [0, 0.1) is 0 Å². The molecule has 0 radical (unpaired) electrons. The lowest BCUT2D eigenvalue weighted by molar-refractivity contribution is -0.139. The molecule has 0 aromatic heterocycles. The van der Waals surface area contributed by atoms with E-state index in [0.717, 1.165) is 11.6 Å². The van der Waals surface area contributed by atoms with E-state index in [1.165, 1.54) is 14.2 Å². The van der Waals surface area contributed by atoms with Gasteiger partial charge in [0.25, 0.3) is 0 Å². The molecule has 1 fully saturated rings. The maximum atomic E-state index is 12.1. The highest BCUT2D eigenvalue weighted by molar-refractivity contribution is 7.99. The lowest BCUT2D eigenvalue weighted by atomic mass is 10.0. The minimum absolute atomic E-state index is 0.0446. The van der Waals surface area contributed by atoms with E-state index in [9.17, 15) is 9.59 Å². The van der Waals surface area contributed by atoms with Crippen LogP contribution in [0.5, 0.6) is 0 Å². The molecular weight excluding hydrogens is 278 g/mol. The summed E-state index contributed by atoms with van der Waals surface area (Å²) in [4.78, 5) is 26.4. The van der Waals surface area contributed by atoms with Crippen molar-refractivity contribution < 1.29 is 19.1 Å². The molecule has 0 aliphatic carbocycles. The third kappa shape index (κ3) is 2.50. The summed E-state index contributed by atoms with van der Waals surface area (Å²) in [7, 11) is 2.69. The lowest BCUT2D eigenvalue weighted by Gasteiger charge is -2.23. The zero-order chi connectivity index (χ0) is 14.7. The van der Waals surface area contributed by atoms with Crippen LogP contribution in [-0.4, -0.2) is 54.8 Å². The highest BCUT2D eigenvalue weighted by Gasteiger charge is 2.48. The van der Waals surface area contributed by atoms with Crippen molar-refractivity contribution in [2.24, 2.45) is 0 Å². The molecule has 6 heteroatoms. The normalized spacial score (nSPS) is 26.1. The summed E-state index contributed by atoms with van der Waals surface area (Å²) in [6.45, 7) is 1.94. The van der Waals surface area contributed by atoms with E-state index < -0.39 is 11.9 Å². The molecule has 0 saturated carbocycles. The third-order valence-corrected chi connectivity index (χ3v) is 4.71. The first-order chi connectivity index (χ1) is 9.65. The Bertz CT molecular complexity index is 472. The number of thioether (sulfide) groups is 1. The molecule has 110 valence electrons. The van der Waals surface area contributed by atoms with Crippen molar-refractivity contribution in [2.75, 3.05) is 25.8 Å².